The molecule has 1 aromatic heterocycles. The summed E-state index contributed by atoms with van der Waals surface area (Å²) in [5.41, 5.74) is -0.427. The maximum Gasteiger partial charge on any atom is 0.301 e. The molecule has 1 aliphatic rings. The molecule has 2 heterocycles. The van der Waals surface area contributed by atoms with Crippen molar-refractivity contribution in [2.75, 3.05) is 6.54 Å². The Hall–Kier alpha value is -1.67. The molecule has 1 saturated heterocycles. The number of pyridine rings is 1. The van der Waals surface area contributed by atoms with Crippen molar-refractivity contribution in [3.05, 3.63) is 28.4 Å². The van der Waals surface area contributed by atoms with Crippen LogP contribution < -0.4 is 10.6 Å². The van der Waals surface area contributed by atoms with Gasteiger partial charge in [-0.05, 0) is 6.07 Å². The molecule has 1 unspecified atom stereocenters. The van der Waals surface area contributed by atoms with Gasteiger partial charge in [-0.2, -0.15) is 0 Å². The van der Waals surface area contributed by atoms with Crippen LogP contribution in [0.5, 0.6) is 0 Å². The second kappa shape index (κ2) is 5.11. The number of amides is 1. The monoisotopic (exact) mass is 254 g/mol. The summed E-state index contributed by atoms with van der Waals surface area (Å²) in [5.74, 6) is -0.0696. The van der Waals surface area contributed by atoms with E-state index in [2.05, 4.69) is 15.6 Å². The smallest absolute Gasteiger partial charge is 0.301 e. The summed E-state index contributed by atoms with van der Waals surface area (Å²) in [4.78, 5) is 25.4. The summed E-state index contributed by atoms with van der Waals surface area (Å²) in [6, 6.07) is 2.90. The van der Waals surface area contributed by atoms with Gasteiger partial charge in [0.25, 0.3) is 0 Å². The van der Waals surface area contributed by atoms with Gasteiger partial charge in [-0.1, -0.05) is 11.8 Å². The fraction of sp³-hybridized carbons (Fsp3) is 0.333. The Morgan fingerprint density at radius 1 is 1.59 bits per heavy atom. The van der Waals surface area contributed by atoms with Gasteiger partial charge in [-0.25, -0.2) is 4.98 Å². The first-order chi connectivity index (χ1) is 8.16. The molecule has 0 spiro atoms. The topological polar surface area (TPSA) is 97.2 Å². The van der Waals surface area contributed by atoms with Crippen molar-refractivity contribution in [2.24, 2.45) is 0 Å². The summed E-state index contributed by atoms with van der Waals surface area (Å²) >= 11 is 1.13. The van der Waals surface area contributed by atoms with Gasteiger partial charge in [0.05, 0.1) is 4.92 Å². The highest BCUT2D eigenvalue weighted by atomic mass is 32.2. The lowest BCUT2D eigenvalue weighted by atomic mass is 10.3. The minimum absolute atomic E-state index is 0.0564. The summed E-state index contributed by atoms with van der Waals surface area (Å²) in [5, 5.41) is 16.8. The van der Waals surface area contributed by atoms with Crippen LogP contribution in [0.4, 0.5) is 5.69 Å². The van der Waals surface area contributed by atoms with Crippen molar-refractivity contribution in [2.45, 2.75) is 16.9 Å². The zero-order valence-corrected chi connectivity index (χ0v) is 9.57. The lowest BCUT2D eigenvalue weighted by Gasteiger charge is -2.23. The Bertz CT molecular complexity index is 454. The largest absolute Gasteiger partial charge is 0.331 e. The number of nitrogens with one attached hydrogen (secondary N) is 2. The Morgan fingerprint density at radius 2 is 2.41 bits per heavy atom. The van der Waals surface area contributed by atoms with Crippen LogP contribution in [0, 0.1) is 10.1 Å². The van der Waals surface area contributed by atoms with Crippen molar-refractivity contribution >= 4 is 23.4 Å². The Morgan fingerprint density at radius 3 is 3.12 bits per heavy atom. The number of nitrogens with zero attached hydrogens (tertiary/aromatic N) is 2. The maximum atomic E-state index is 11.2. The van der Waals surface area contributed by atoms with Crippen LogP contribution >= 0.6 is 11.8 Å². The zero-order valence-electron chi connectivity index (χ0n) is 8.75. The van der Waals surface area contributed by atoms with Gasteiger partial charge in [-0.15, -0.1) is 0 Å². The molecule has 2 N–H and O–H groups in total. The Balaban J connectivity index is 2.12. The van der Waals surface area contributed by atoms with E-state index in [0.717, 1.165) is 11.8 Å². The van der Waals surface area contributed by atoms with Crippen molar-refractivity contribution in [1.82, 2.24) is 15.6 Å². The molecule has 0 aromatic carbocycles. The molecule has 1 fully saturated rings. The van der Waals surface area contributed by atoms with E-state index in [0.29, 0.717) is 13.0 Å². The van der Waals surface area contributed by atoms with Crippen molar-refractivity contribution < 1.29 is 9.72 Å². The van der Waals surface area contributed by atoms with E-state index in [1.807, 2.05) is 0 Å². The predicted octanol–water partition coefficient (Wildman–Crippen LogP) is 0.475. The average Bonchev–Trinajstić information content (AvgIpc) is 2.29. The summed E-state index contributed by atoms with van der Waals surface area (Å²) in [6.07, 6.45) is 1.90. The second-order valence-corrected chi connectivity index (χ2v) is 4.45. The van der Waals surface area contributed by atoms with E-state index < -0.39 is 4.92 Å². The molecule has 0 radical (unpaired) electrons. The van der Waals surface area contributed by atoms with Crippen molar-refractivity contribution in [3.8, 4) is 0 Å². The molecule has 0 saturated carbocycles. The number of thioether (sulfide) groups is 1. The Labute approximate surface area is 101 Å². The molecule has 90 valence electrons. The van der Waals surface area contributed by atoms with E-state index in [-0.39, 0.29) is 22.1 Å². The van der Waals surface area contributed by atoms with Crippen LogP contribution in [0.15, 0.2) is 23.4 Å². The summed E-state index contributed by atoms with van der Waals surface area (Å²) < 4.78 is 0. The molecular formula is C9H10N4O3S. The molecule has 1 atom stereocenters. The van der Waals surface area contributed by atoms with Crippen molar-refractivity contribution in [3.63, 3.8) is 0 Å². The number of aromatic nitrogens is 1. The van der Waals surface area contributed by atoms with Gasteiger partial charge in [0.2, 0.25) is 5.91 Å². The summed E-state index contributed by atoms with van der Waals surface area (Å²) in [7, 11) is 0. The highest BCUT2D eigenvalue weighted by Gasteiger charge is 2.23. The number of rotatable bonds is 3. The lowest BCUT2D eigenvalue weighted by molar-refractivity contribution is -0.388. The third-order valence-electron chi connectivity index (χ3n) is 2.15. The van der Waals surface area contributed by atoms with Gasteiger partial charge in [0, 0.05) is 25.2 Å². The van der Waals surface area contributed by atoms with E-state index in [1.165, 1.54) is 18.3 Å². The maximum absolute atomic E-state index is 11.2. The lowest BCUT2D eigenvalue weighted by Crippen LogP contribution is -2.49. The fourth-order valence-electron chi connectivity index (χ4n) is 1.38. The Kier molecular flexibility index (Phi) is 3.55. The predicted molar refractivity (Wildman–Crippen MR) is 61.3 cm³/mol. The normalized spacial score (nSPS) is 19.8. The minimum Gasteiger partial charge on any atom is -0.331 e. The fourth-order valence-corrected chi connectivity index (χ4v) is 2.38. The second-order valence-electron chi connectivity index (χ2n) is 3.35. The van der Waals surface area contributed by atoms with Gasteiger partial charge in [-0.3, -0.25) is 20.2 Å². The molecule has 0 aliphatic carbocycles. The number of carbonyl (C=O) groups excluding carboxylic acids is 1. The van der Waals surface area contributed by atoms with Gasteiger partial charge < -0.3 is 5.32 Å². The number of nitro groups is 1. The van der Waals surface area contributed by atoms with Gasteiger partial charge in [0.15, 0.2) is 5.03 Å². The van der Waals surface area contributed by atoms with Gasteiger partial charge >= 0.3 is 5.69 Å². The first kappa shape index (κ1) is 11.8. The highest BCUT2D eigenvalue weighted by molar-refractivity contribution is 7.99. The van der Waals surface area contributed by atoms with E-state index in [4.69, 9.17) is 0 Å². The van der Waals surface area contributed by atoms with Crippen molar-refractivity contribution in [1.29, 1.82) is 0 Å². The van der Waals surface area contributed by atoms with Crippen LogP contribution in [0.3, 0.4) is 0 Å². The number of hydrogen-bond acceptors (Lipinski definition) is 6. The first-order valence-corrected chi connectivity index (χ1v) is 5.83. The van der Waals surface area contributed by atoms with E-state index in [1.54, 1.807) is 0 Å². The molecule has 2 rings (SSSR count). The quantitative estimate of drug-likeness (QED) is 0.601. The van der Waals surface area contributed by atoms with E-state index >= 15 is 0 Å². The average molecular weight is 254 g/mol. The molecule has 8 heteroatoms. The minimum atomic E-state index is -0.486. The van der Waals surface area contributed by atoms with Crippen LogP contribution in [0.1, 0.15) is 6.42 Å². The zero-order chi connectivity index (χ0) is 12.3. The highest BCUT2D eigenvalue weighted by Crippen LogP contribution is 2.28. The standard InChI is InChI=1S/C9H10N4O3S/c14-7-3-5-11-9(12-7)17-8-6(13(15)16)2-1-4-10-8/h1-2,4,9,11H,3,5H2,(H,12,14). The molecule has 1 amide bonds. The van der Waals surface area contributed by atoms with Crippen LogP contribution in [-0.4, -0.2) is 27.9 Å². The third-order valence-corrected chi connectivity index (χ3v) is 3.21. The van der Waals surface area contributed by atoms with Crippen LogP contribution in [0.2, 0.25) is 0 Å². The molecule has 7 nitrogen and oxygen atoms in total. The molecule has 1 aromatic rings. The van der Waals surface area contributed by atoms with Crippen LogP contribution in [-0.2, 0) is 4.79 Å². The SMILES string of the molecule is O=C1CCNC(Sc2ncccc2[N+](=O)[O-])N1. The molecule has 17 heavy (non-hydrogen) atoms. The first-order valence-electron chi connectivity index (χ1n) is 4.95. The van der Waals surface area contributed by atoms with Crippen LogP contribution in [0.25, 0.3) is 0 Å². The summed E-state index contributed by atoms with van der Waals surface area (Å²) in [6.45, 7) is 0.560. The number of hydrogen-bond donors (Lipinski definition) is 2. The van der Waals surface area contributed by atoms with Gasteiger partial charge in [0.1, 0.15) is 5.50 Å². The molecular weight excluding hydrogens is 244 g/mol. The third kappa shape index (κ3) is 2.92. The molecule has 0 bridgehead atoms. The van der Waals surface area contributed by atoms with E-state index in [9.17, 15) is 14.9 Å². The molecule has 1 aliphatic heterocycles. The number of carbonyl (C=O) groups is 1.